The molecule has 1 saturated heterocycles. The minimum atomic E-state index is -0.679. The van der Waals surface area contributed by atoms with Crippen molar-refractivity contribution in [2.24, 2.45) is 0 Å². The number of halogens is 1. The number of para-hydroxylation sites is 1. The Kier molecular flexibility index (Phi) is 5.04. The van der Waals surface area contributed by atoms with Crippen LogP contribution in [0, 0.1) is 15.9 Å². The lowest BCUT2D eigenvalue weighted by Crippen LogP contribution is -2.46. The predicted octanol–water partition coefficient (Wildman–Crippen LogP) is 2.27. The van der Waals surface area contributed by atoms with Crippen LogP contribution in [0.15, 0.2) is 54.2 Å². The van der Waals surface area contributed by atoms with E-state index < -0.39 is 22.6 Å². The van der Waals surface area contributed by atoms with Crippen LogP contribution in [0.1, 0.15) is 5.56 Å². The number of carbonyl (C=O) groups excluding carboxylic acids is 2. The number of nitro groups is 1. The second-order valence-electron chi connectivity index (χ2n) is 7.22. The summed E-state index contributed by atoms with van der Waals surface area (Å²) in [6, 6.07) is 11.1. The molecule has 2 heterocycles. The fourth-order valence-corrected chi connectivity index (χ4v) is 3.70. The van der Waals surface area contributed by atoms with Gasteiger partial charge in [-0.3, -0.25) is 19.7 Å². The lowest BCUT2D eigenvalue weighted by atomic mass is 10.0. The highest BCUT2D eigenvalue weighted by molar-refractivity contribution is 6.45. The van der Waals surface area contributed by atoms with Gasteiger partial charge in [-0.2, -0.15) is 0 Å². The number of non-ortho nitro benzene ring substituents is 1. The van der Waals surface area contributed by atoms with E-state index in [4.69, 9.17) is 0 Å². The molecule has 154 valence electrons. The van der Waals surface area contributed by atoms with Gasteiger partial charge in [-0.05, 0) is 36.9 Å². The zero-order valence-electron chi connectivity index (χ0n) is 16.2. The number of amides is 2. The third-order valence-electron chi connectivity index (χ3n) is 5.34. The molecule has 0 aliphatic carbocycles. The average Bonchev–Trinajstić information content (AvgIpc) is 2.99. The first-order valence-corrected chi connectivity index (χ1v) is 9.44. The number of hydrogen-bond acceptors (Lipinski definition) is 6. The smallest absolute Gasteiger partial charge is 0.282 e. The topological polar surface area (TPSA) is 87.0 Å². The highest BCUT2D eigenvalue weighted by atomic mass is 19.1. The number of carbonyl (C=O) groups is 2. The van der Waals surface area contributed by atoms with Crippen molar-refractivity contribution in [2.45, 2.75) is 0 Å². The maximum absolute atomic E-state index is 14.4. The molecular formula is C21H19FN4O4. The fraction of sp³-hybridized carbons (Fsp3) is 0.238. The quantitative estimate of drug-likeness (QED) is 0.437. The van der Waals surface area contributed by atoms with E-state index in [0.29, 0.717) is 31.7 Å². The van der Waals surface area contributed by atoms with Crippen LogP contribution < -0.4 is 4.90 Å². The summed E-state index contributed by atoms with van der Waals surface area (Å²) in [6.45, 7) is 2.48. The number of nitrogens with zero attached hydrogens (tertiary/aromatic N) is 4. The molecule has 9 heteroatoms. The van der Waals surface area contributed by atoms with E-state index in [1.807, 2.05) is 11.9 Å². The first-order valence-electron chi connectivity index (χ1n) is 9.44. The zero-order valence-corrected chi connectivity index (χ0v) is 16.2. The third-order valence-corrected chi connectivity index (χ3v) is 5.34. The van der Waals surface area contributed by atoms with Crippen LogP contribution in [-0.4, -0.2) is 59.8 Å². The number of likely N-dealkylation sites (N-methyl/N-ethyl adjacent to an activating group) is 1. The Balaban J connectivity index is 1.82. The van der Waals surface area contributed by atoms with Crippen molar-refractivity contribution in [2.75, 3.05) is 38.1 Å². The van der Waals surface area contributed by atoms with Crippen LogP contribution in [0.5, 0.6) is 0 Å². The van der Waals surface area contributed by atoms with E-state index >= 15 is 0 Å². The number of anilines is 1. The molecule has 2 aliphatic heterocycles. The molecular weight excluding hydrogens is 391 g/mol. The number of benzene rings is 2. The molecule has 30 heavy (non-hydrogen) atoms. The van der Waals surface area contributed by atoms with Crippen molar-refractivity contribution in [3.63, 3.8) is 0 Å². The van der Waals surface area contributed by atoms with E-state index in [-0.39, 0.29) is 22.6 Å². The number of imide groups is 1. The summed E-state index contributed by atoms with van der Waals surface area (Å²) in [5.74, 6) is -1.92. The van der Waals surface area contributed by atoms with Gasteiger partial charge in [-0.25, -0.2) is 9.29 Å². The lowest BCUT2D eigenvalue weighted by molar-refractivity contribution is -0.384. The molecule has 4 rings (SSSR count). The average molecular weight is 410 g/mol. The first-order chi connectivity index (χ1) is 14.4. The van der Waals surface area contributed by atoms with Crippen LogP contribution in [0.2, 0.25) is 0 Å². The summed E-state index contributed by atoms with van der Waals surface area (Å²) in [6.07, 6.45) is 0. The van der Waals surface area contributed by atoms with E-state index in [2.05, 4.69) is 4.90 Å². The van der Waals surface area contributed by atoms with Gasteiger partial charge in [0, 0.05) is 38.3 Å². The van der Waals surface area contributed by atoms with Crippen LogP contribution in [0.4, 0.5) is 15.8 Å². The Bertz CT molecular complexity index is 1060. The van der Waals surface area contributed by atoms with Crippen molar-refractivity contribution in [1.82, 2.24) is 9.80 Å². The molecule has 0 unspecified atom stereocenters. The van der Waals surface area contributed by atoms with Crippen molar-refractivity contribution in [3.05, 3.63) is 75.7 Å². The normalized spacial score (nSPS) is 17.8. The highest BCUT2D eigenvalue weighted by Gasteiger charge is 2.43. The Labute approximate surface area is 171 Å². The Morgan fingerprint density at radius 3 is 2.17 bits per heavy atom. The van der Waals surface area contributed by atoms with E-state index in [9.17, 15) is 24.1 Å². The van der Waals surface area contributed by atoms with Gasteiger partial charge in [-0.1, -0.05) is 12.1 Å². The SMILES string of the molecule is CN1CCN(C2=C(c3ccc([N+](=O)[O-])cc3)C(=O)N(c3ccccc3F)C2=O)CC1. The lowest BCUT2D eigenvalue weighted by Gasteiger charge is -2.34. The fourth-order valence-electron chi connectivity index (χ4n) is 3.70. The molecule has 0 N–H and O–H groups in total. The van der Waals surface area contributed by atoms with Gasteiger partial charge in [0.2, 0.25) is 0 Å². The molecule has 0 bridgehead atoms. The summed E-state index contributed by atoms with van der Waals surface area (Å²) < 4.78 is 14.4. The van der Waals surface area contributed by atoms with Crippen molar-refractivity contribution < 1.29 is 18.9 Å². The van der Waals surface area contributed by atoms with Gasteiger partial charge in [0.25, 0.3) is 17.5 Å². The molecule has 1 fully saturated rings. The molecule has 8 nitrogen and oxygen atoms in total. The minimum Gasteiger partial charge on any atom is -0.364 e. The number of piperazine rings is 1. The monoisotopic (exact) mass is 410 g/mol. The standard InChI is InChI=1S/C21H19FN4O4/c1-23-10-12-24(13-11-23)19-18(14-6-8-15(9-7-14)26(29)30)20(27)25(21(19)28)17-5-3-2-4-16(17)22/h2-9H,10-13H2,1H3. The van der Waals surface area contributed by atoms with Gasteiger partial charge >= 0.3 is 0 Å². The summed E-state index contributed by atoms with van der Waals surface area (Å²) in [5, 5.41) is 11.0. The van der Waals surface area contributed by atoms with Crippen molar-refractivity contribution in [1.29, 1.82) is 0 Å². The summed E-state index contributed by atoms with van der Waals surface area (Å²) in [5.41, 5.74) is 0.471. The largest absolute Gasteiger partial charge is 0.364 e. The van der Waals surface area contributed by atoms with E-state index in [1.165, 1.54) is 42.5 Å². The molecule has 2 amide bonds. The number of rotatable bonds is 4. The molecule has 0 atom stereocenters. The number of nitro benzene ring substituents is 1. The molecule has 2 aromatic carbocycles. The van der Waals surface area contributed by atoms with Crippen molar-refractivity contribution in [3.8, 4) is 0 Å². The van der Waals surface area contributed by atoms with Gasteiger partial charge in [0.1, 0.15) is 11.5 Å². The predicted molar refractivity (Wildman–Crippen MR) is 108 cm³/mol. The summed E-state index contributed by atoms with van der Waals surface area (Å²) in [4.78, 5) is 41.9. The second kappa shape index (κ2) is 7.68. The van der Waals surface area contributed by atoms with Gasteiger partial charge in [-0.15, -0.1) is 0 Å². The Morgan fingerprint density at radius 1 is 0.933 bits per heavy atom. The van der Waals surface area contributed by atoms with Gasteiger partial charge in [0.15, 0.2) is 0 Å². The number of hydrogen-bond donors (Lipinski definition) is 0. The van der Waals surface area contributed by atoms with Gasteiger partial charge in [0.05, 0.1) is 16.2 Å². The molecule has 0 spiro atoms. The van der Waals surface area contributed by atoms with E-state index in [1.54, 1.807) is 6.07 Å². The van der Waals surface area contributed by atoms with E-state index in [0.717, 1.165) is 4.90 Å². The zero-order chi connectivity index (χ0) is 21.4. The van der Waals surface area contributed by atoms with Crippen molar-refractivity contribution >= 4 is 28.8 Å². The molecule has 0 radical (unpaired) electrons. The van der Waals surface area contributed by atoms with Crippen LogP contribution in [0.25, 0.3) is 5.57 Å². The highest BCUT2D eigenvalue weighted by Crippen LogP contribution is 2.36. The third kappa shape index (κ3) is 3.33. The molecule has 0 aromatic heterocycles. The Hall–Kier alpha value is -3.59. The van der Waals surface area contributed by atoms with Crippen LogP contribution in [0.3, 0.4) is 0 Å². The van der Waals surface area contributed by atoms with Crippen LogP contribution in [-0.2, 0) is 9.59 Å². The summed E-state index contributed by atoms with van der Waals surface area (Å²) in [7, 11) is 1.97. The first kappa shape index (κ1) is 19.7. The molecule has 2 aromatic rings. The minimum absolute atomic E-state index is 0.115. The van der Waals surface area contributed by atoms with Gasteiger partial charge < -0.3 is 9.80 Å². The maximum atomic E-state index is 14.4. The second-order valence-corrected chi connectivity index (χ2v) is 7.22. The maximum Gasteiger partial charge on any atom is 0.282 e. The summed E-state index contributed by atoms with van der Waals surface area (Å²) >= 11 is 0. The molecule has 2 aliphatic rings. The molecule has 0 saturated carbocycles. The Morgan fingerprint density at radius 2 is 1.57 bits per heavy atom. The van der Waals surface area contributed by atoms with Crippen LogP contribution >= 0.6 is 0 Å².